The molecule has 0 saturated heterocycles. The van der Waals surface area contributed by atoms with Gasteiger partial charge in [0.1, 0.15) is 0 Å². The van der Waals surface area contributed by atoms with Crippen molar-refractivity contribution in [3.63, 3.8) is 0 Å². The number of aromatic nitrogens is 1. The lowest BCUT2D eigenvalue weighted by Crippen LogP contribution is -2.78. The number of carbonyl (C=O) groups is 1. The average Bonchev–Trinajstić information content (AvgIpc) is 2.40. The Morgan fingerprint density at radius 3 is 2.35 bits per heavy atom. The van der Waals surface area contributed by atoms with E-state index in [1.165, 1.54) is 6.07 Å². The summed E-state index contributed by atoms with van der Waals surface area (Å²) in [6.45, 7) is 0. The van der Waals surface area contributed by atoms with Gasteiger partial charge in [0.05, 0.1) is 29.2 Å². The Bertz CT molecular complexity index is 819. The minimum absolute atomic E-state index is 0.204. The van der Waals surface area contributed by atoms with Crippen LogP contribution in [0.25, 0.3) is 0 Å². The van der Waals surface area contributed by atoms with Crippen molar-refractivity contribution in [2.45, 2.75) is 37.0 Å². The molecule has 1 aromatic heterocycles. The molecule has 11 heteroatoms. The fraction of sp³-hybridized carbons (Fsp3) is 0.600. The van der Waals surface area contributed by atoms with Crippen LogP contribution in [0.1, 0.15) is 31.0 Å². The number of anilines is 1. The summed E-state index contributed by atoms with van der Waals surface area (Å²) in [5, 5.41) is 0. The Morgan fingerprint density at radius 2 is 1.92 bits per heavy atom. The number of rotatable bonds is 5. The smallest absolute Gasteiger partial charge is 0.397 e. The normalized spacial score (nSPS) is 28.7. The molecule has 2 bridgehead atoms. The highest BCUT2D eigenvalue weighted by atomic mass is 32.2. The van der Waals surface area contributed by atoms with Gasteiger partial charge < -0.3 is 10.6 Å². The lowest BCUT2D eigenvalue weighted by molar-refractivity contribution is -0.213. The van der Waals surface area contributed by atoms with Crippen LogP contribution >= 0.6 is 0 Å². The first-order valence-electron chi connectivity index (χ1n) is 7.81. The third-order valence-corrected chi connectivity index (χ3v) is 5.80. The van der Waals surface area contributed by atoms with Crippen LogP contribution in [0.3, 0.4) is 0 Å². The number of halogens is 3. The van der Waals surface area contributed by atoms with Gasteiger partial charge in [-0.15, -0.1) is 0 Å². The Morgan fingerprint density at radius 1 is 1.35 bits per heavy atom. The van der Waals surface area contributed by atoms with Crippen LogP contribution in [-0.2, 0) is 14.8 Å². The number of amides is 1. The van der Waals surface area contributed by atoms with Gasteiger partial charge in [0.25, 0.3) is 0 Å². The van der Waals surface area contributed by atoms with Gasteiger partial charge >= 0.3 is 6.18 Å². The fourth-order valence-electron chi connectivity index (χ4n) is 4.17. The maximum atomic E-state index is 13.6. The average molecular weight is 392 g/mol. The van der Waals surface area contributed by atoms with Crippen molar-refractivity contribution in [2.75, 3.05) is 19.0 Å². The summed E-state index contributed by atoms with van der Waals surface area (Å²) >= 11 is 0. The number of alkyl halides is 3. The topological polar surface area (TPSA) is 105 Å². The summed E-state index contributed by atoms with van der Waals surface area (Å²) in [6.07, 6.45) is -1.97. The molecule has 26 heavy (non-hydrogen) atoms. The van der Waals surface area contributed by atoms with Crippen LogP contribution in [0, 0.1) is 5.41 Å². The second-order valence-electron chi connectivity index (χ2n) is 7.34. The highest BCUT2D eigenvalue weighted by Gasteiger charge is 2.73. The molecular weight excluding hydrogens is 373 g/mol. The highest BCUT2D eigenvalue weighted by molar-refractivity contribution is 7.88. The molecule has 3 N–H and O–H groups in total. The molecule has 3 aliphatic carbocycles. The van der Waals surface area contributed by atoms with Gasteiger partial charge in [0.2, 0.25) is 15.9 Å². The summed E-state index contributed by atoms with van der Waals surface area (Å²) in [5.74, 6) is -0.657. The molecule has 1 unspecified atom stereocenters. The number of nitrogens with one attached hydrogen (secondary N) is 1. The zero-order valence-corrected chi connectivity index (χ0v) is 15.0. The standard InChI is InChI=1S/C15H19F3N4O3S/c1-22(11(15(16,17)18)10-4-3-9(19)5-20-10)12(23)13-6-14(7-13,8-13)21-26(2,24)25/h3-5,11,21H,6-8,19H2,1-2H3. The second kappa shape index (κ2) is 5.56. The molecule has 1 heterocycles. The number of carbonyl (C=O) groups excluding carboxylic acids is 1. The first kappa shape index (κ1) is 18.9. The van der Waals surface area contributed by atoms with Crippen molar-refractivity contribution in [1.82, 2.24) is 14.6 Å². The van der Waals surface area contributed by atoms with E-state index in [4.69, 9.17) is 5.73 Å². The highest BCUT2D eigenvalue weighted by Crippen LogP contribution is 2.68. The van der Waals surface area contributed by atoms with Crippen LogP contribution in [0.15, 0.2) is 18.3 Å². The molecular formula is C15H19F3N4O3S. The molecule has 3 saturated carbocycles. The van der Waals surface area contributed by atoms with E-state index in [1.807, 2.05) is 0 Å². The van der Waals surface area contributed by atoms with Crippen molar-refractivity contribution in [3.05, 3.63) is 24.0 Å². The van der Waals surface area contributed by atoms with Gasteiger partial charge in [-0.05, 0) is 31.4 Å². The van der Waals surface area contributed by atoms with Crippen LogP contribution < -0.4 is 10.5 Å². The lowest BCUT2D eigenvalue weighted by atomic mass is 9.39. The molecule has 4 rings (SSSR count). The van der Waals surface area contributed by atoms with Gasteiger partial charge in [0.15, 0.2) is 6.04 Å². The monoisotopic (exact) mass is 392 g/mol. The maximum absolute atomic E-state index is 13.6. The van der Waals surface area contributed by atoms with Crippen LogP contribution in [0.2, 0.25) is 0 Å². The molecule has 144 valence electrons. The van der Waals surface area contributed by atoms with Crippen molar-refractivity contribution in [1.29, 1.82) is 0 Å². The van der Waals surface area contributed by atoms with E-state index < -0.39 is 39.1 Å². The summed E-state index contributed by atoms with van der Waals surface area (Å²) in [4.78, 5) is 17.1. The predicted molar refractivity (Wildman–Crippen MR) is 87.2 cm³/mol. The van der Waals surface area contributed by atoms with Gasteiger partial charge in [-0.1, -0.05) is 0 Å². The van der Waals surface area contributed by atoms with Crippen LogP contribution in [0.5, 0.6) is 0 Å². The molecule has 1 atom stereocenters. The Kier molecular flexibility index (Phi) is 4.04. The van der Waals surface area contributed by atoms with Crippen molar-refractivity contribution in [3.8, 4) is 0 Å². The molecule has 3 aliphatic rings. The molecule has 0 radical (unpaired) electrons. The van der Waals surface area contributed by atoms with Gasteiger partial charge in [-0.3, -0.25) is 9.78 Å². The Balaban J connectivity index is 1.78. The minimum Gasteiger partial charge on any atom is -0.397 e. The third-order valence-electron chi connectivity index (χ3n) is 4.99. The number of pyridine rings is 1. The van der Waals surface area contributed by atoms with Crippen molar-refractivity contribution < 1.29 is 26.4 Å². The number of hydrogen-bond acceptors (Lipinski definition) is 5. The number of hydrogen-bond donors (Lipinski definition) is 2. The summed E-state index contributed by atoms with van der Waals surface area (Å²) in [7, 11) is -2.35. The fourth-order valence-corrected chi connectivity index (χ4v) is 5.17. The van der Waals surface area contributed by atoms with E-state index in [9.17, 15) is 26.4 Å². The van der Waals surface area contributed by atoms with Gasteiger partial charge in [-0.2, -0.15) is 13.2 Å². The number of nitrogens with two attached hydrogens (primary N) is 1. The molecule has 0 aromatic carbocycles. The first-order chi connectivity index (χ1) is 11.8. The Hall–Kier alpha value is -1.88. The lowest BCUT2D eigenvalue weighted by Gasteiger charge is -2.69. The zero-order valence-electron chi connectivity index (χ0n) is 14.2. The van der Waals surface area contributed by atoms with Crippen molar-refractivity contribution in [2.24, 2.45) is 5.41 Å². The molecule has 7 nitrogen and oxygen atoms in total. The molecule has 0 spiro atoms. The number of nitrogen functional groups attached to an aromatic ring is 1. The predicted octanol–water partition coefficient (Wildman–Crippen LogP) is 1.20. The van der Waals surface area contributed by atoms with E-state index in [-0.39, 0.29) is 30.6 Å². The summed E-state index contributed by atoms with van der Waals surface area (Å²) in [6, 6.07) is 0.251. The third kappa shape index (κ3) is 3.13. The molecule has 0 aliphatic heterocycles. The number of nitrogens with zero attached hydrogens (tertiary/aromatic N) is 2. The molecule has 1 amide bonds. The van der Waals surface area contributed by atoms with Crippen LogP contribution in [0.4, 0.5) is 18.9 Å². The van der Waals surface area contributed by atoms with E-state index in [0.29, 0.717) is 4.90 Å². The SMILES string of the molecule is CN(C(=O)C12CC(NS(C)(=O)=O)(C1)C2)C(c1ccc(N)cn1)C(F)(F)F. The van der Waals surface area contributed by atoms with Gasteiger partial charge in [0, 0.05) is 12.6 Å². The van der Waals surface area contributed by atoms with E-state index in [2.05, 4.69) is 9.71 Å². The maximum Gasteiger partial charge on any atom is 0.414 e. The molecule has 1 aromatic rings. The molecule has 3 fully saturated rings. The van der Waals surface area contributed by atoms with Crippen molar-refractivity contribution >= 4 is 21.6 Å². The van der Waals surface area contributed by atoms with E-state index >= 15 is 0 Å². The summed E-state index contributed by atoms with van der Waals surface area (Å²) in [5.41, 5.74) is 3.72. The van der Waals surface area contributed by atoms with Crippen LogP contribution in [-0.4, -0.2) is 49.2 Å². The second-order valence-corrected chi connectivity index (χ2v) is 9.09. The van der Waals surface area contributed by atoms with E-state index in [1.54, 1.807) is 0 Å². The Labute approximate surface area is 148 Å². The zero-order chi connectivity index (χ0) is 19.5. The van der Waals surface area contributed by atoms with E-state index in [0.717, 1.165) is 25.6 Å². The summed E-state index contributed by atoms with van der Waals surface area (Å²) < 4.78 is 65.9. The first-order valence-corrected chi connectivity index (χ1v) is 9.71. The van der Waals surface area contributed by atoms with Gasteiger partial charge in [-0.25, -0.2) is 13.1 Å². The quantitative estimate of drug-likeness (QED) is 0.783. The largest absolute Gasteiger partial charge is 0.414 e. The minimum atomic E-state index is -4.71. The number of sulfonamides is 1.